The van der Waals surface area contributed by atoms with E-state index in [2.05, 4.69) is 26.1 Å². The first kappa shape index (κ1) is 14.5. The van der Waals surface area contributed by atoms with E-state index in [9.17, 15) is 4.79 Å². The second-order valence-electron chi connectivity index (χ2n) is 5.72. The lowest BCUT2D eigenvalue weighted by Gasteiger charge is -2.30. The Labute approximate surface area is 104 Å². The fourth-order valence-electron chi connectivity index (χ4n) is 2.04. The van der Waals surface area contributed by atoms with Gasteiger partial charge in [-0.25, -0.2) is 0 Å². The summed E-state index contributed by atoms with van der Waals surface area (Å²) in [5, 5.41) is 2.99. The largest absolute Gasteiger partial charge is 0.381 e. The van der Waals surface area contributed by atoms with Gasteiger partial charge in [-0.3, -0.25) is 4.79 Å². The average molecular weight is 243 g/mol. The van der Waals surface area contributed by atoms with Gasteiger partial charge in [0, 0.05) is 32.8 Å². The summed E-state index contributed by atoms with van der Waals surface area (Å²) in [6, 6.07) is 0. The number of carbonyl (C=O) groups excluding carboxylic acids is 1. The first-order valence-corrected chi connectivity index (χ1v) is 6.33. The van der Waals surface area contributed by atoms with Crippen LogP contribution in [-0.4, -0.2) is 38.9 Å². The lowest BCUT2D eigenvalue weighted by atomic mass is 9.88. The summed E-state index contributed by atoms with van der Waals surface area (Å²) < 4.78 is 10.7. The summed E-state index contributed by atoms with van der Waals surface area (Å²) in [4.78, 5) is 11.9. The van der Waals surface area contributed by atoms with E-state index in [0.29, 0.717) is 19.8 Å². The highest BCUT2D eigenvalue weighted by Gasteiger charge is 2.27. The van der Waals surface area contributed by atoms with E-state index in [1.165, 1.54) is 0 Å². The monoisotopic (exact) mass is 243 g/mol. The third-order valence-corrected chi connectivity index (χ3v) is 3.30. The fourth-order valence-corrected chi connectivity index (χ4v) is 2.04. The summed E-state index contributed by atoms with van der Waals surface area (Å²) in [6.07, 6.45) is 1.71. The molecule has 17 heavy (non-hydrogen) atoms. The average Bonchev–Trinajstić information content (AvgIpc) is 2.29. The molecule has 0 aromatic heterocycles. The number of hydrogen-bond acceptors (Lipinski definition) is 3. The van der Waals surface area contributed by atoms with Crippen LogP contribution in [0.15, 0.2) is 0 Å². The van der Waals surface area contributed by atoms with E-state index in [1.807, 2.05) is 0 Å². The zero-order chi connectivity index (χ0) is 12.9. The molecule has 1 aliphatic heterocycles. The summed E-state index contributed by atoms with van der Waals surface area (Å²) in [5.41, 5.74) is 0.0394. The van der Waals surface area contributed by atoms with Crippen LogP contribution in [0.2, 0.25) is 0 Å². The number of ether oxygens (including phenoxy) is 2. The number of methoxy groups -OCH3 is 1. The van der Waals surface area contributed by atoms with Crippen LogP contribution in [-0.2, 0) is 14.3 Å². The van der Waals surface area contributed by atoms with Crippen LogP contribution < -0.4 is 5.32 Å². The molecule has 1 heterocycles. The highest BCUT2D eigenvalue weighted by molar-refractivity contribution is 5.78. The Hall–Kier alpha value is -0.610. The van der Waals surface area contributed by atoms with Crippen molar-refractivity contribution in [1.29, 1.82) is 0 Å². The van der Waals surface area contributed by atoms with Gasteiger partial charge in [0.15, 0.2) is 0 Å². The number of nitrogens with one attached hydrogen (secondary N) is 1. The van der Waals surface area contributed by atoms with Gasteiger partial charge in [0.2, 0.25) is 5.91 Å². The molecule has 1 saturated heterocycles. The lowest BCUT2D eigenvalue weighted by molar-refractivity contribution is -0.128. The van der Waals surface area contributed by atoms with Crippen LogP contribution in [0, 0.1) is 11.3 Å². The van der Waals surface area contributed by atoms with E-state index in [4.69, 9.17) is 9.47 Å². The predicted molar refractivity (Wildman–Crippen MR) is 66.8 cm³/mol. The molecule has 1 rings (SSSR count). The molecule has 0 spiro atoms. The second-order valence-corrected chi connectivity index (χ2v) is 5.72. The van der Waals surface area contributed by atoms with E-state index in [0.717, 1.165) is 12.8 Å². The Bertz CT molecular complexity index is 242. The Morgan fingerprint density at radius 2 is 2.00 bits per heavy atom. The molecule has 4 nitrogen and oxygen atoms in total. The van der Waals surface area contributed by atoms with Crippen LogP contribution in [0.4, 0.5) is 0 Å². The molecular formula is C13H25NO3. The summed E-state index contributed by atoms with van der Waals surface area (Å²) in [7, 11) is 1.69. The van der Waals surface area contributed by atoms with Crippen LogP contribution in [0.25, 0.3) is 0 Å². The first-order chi connectivity index (χ1) is 7.95. The quantitative estimate of drug-likeness (QED) is 0.815. The SMILES string of the molecule is CO[C@@H](CNC(=O)C1CCOCC1)C(C)(C)C. The molecule has 0 aromatic rings. The molecule has 0 unspecified atom stereocenters. The van der Waals surface area contributed by atoms with Gasteiger partial charge in [-0.1, -0.05) is 20.8 Å². The Morgan fingerprint density at radius 1 is 1.41 bits per heavy atom. The Balaban J connectivity index is 2.35. The van der Waals surface area contributed by atoms with Gasteiger partial charge in [0.05, 0.1) is 6.10 Å². The van der Waals surface area contributed by atoms with Crippen molar-refractivity contribution in [3.05, 3.63) is 0 Å². The minimum Gasteiger partial charge on any atom is -0.381 e. The van der Waals surface area contributed by atoms with E-state index in [1.54, 1.807) is 7.11 Å². The number of hydrogen-bond donors (Lipinski definition) is 1. The van der Waals surface area contributed by atoms with Gasteiger partial charge in [0.25, 0.3) is 0 Å². The van der Waals surface area contributed by atoms with Crippen LogP contribution >= 0.6 is 0 Å². The van der Waals surface area contributed by atoms with Crippen molar-refractivity contribution in [1.82, 2.24) is 5.32 Å². The Morgan fingerprint density at radius 3 is 2.47 bits per heavy atom. The molecule has 0 radical (unpaired) electrons. The molecule has 0 aliphatic carbocycles. The number of carbonyl (C=O) groups is 1. The lowest BCUT2D eigenvalue weighted by Crippen LogP contribution is -2.43. The maximum atomic E-state index is 11.9. The van der Waals surface area contributed by atoms with Gasteiger partial charge in [-0.2, -0.15) is 0 Å². The van der Waals surface area contributed by atoms with Gasteiger partial charge in [0.1, 0.15) is 0 Å². The minimum atomic E-state index is 0.0394. The zero-order valence-corrected chi connectivity index (χ0v) is 11.4. The summed E-state index contributed by atoms with van der Waals surface area (Å²) in [6.45, 7) is 8.32. The van der Waals surface area contributed by atoms with Gasteiger partial charge in [-0.05, 0) is 18.3 Å². The molecule has 1 amide bonds. The third kappa shape index (κ3) is 4.64. The number of amides is 1. The standard InChI is InChI=1S/C13H25NO3/c1-13(2,3)11(16-4)9-14-12(15)10-5-7-17-8-6-10/h10-11H,5-9H2,1-4H3,(H,14,15)/t11-/m0/s1. The maximum Gasteiger partial charge on any atom is 0.223 e. The van der Waals surface area contributed by atoms with Crippen molar-refractivity contribution in [2.24, 2.45) is 11.3 Å². The van der Waals surface area contributed by atoms with E-state index < -0.39 is 0 Å². The Kier molecular flexibility index (Phi) is 5.40. The van der Waals surface area contributed by atoms with Crippen LogP contribution in [0.1, 0.15) is 33.6 Å². The fraction of sp³-hybridized carbons (Fsp3) is 0.923. The number of rotatable bonds is 4. The second kappa shape index (κ2) is 6.36. The van der Waals surface area contributed by atoms with Crippen molar-refractivity contribution in [2.45, 2.75) is 39.7 Å². The van der Waals surface area contributed by atoms with Crippen LogP contribution in [0.5, 0.6) is 0 Å². The molecule has 100 valence electrons. The first-order valence-electron chi connectivity index (χ1n) is 6.33. The molecule has 4 heteroatoms. The van der Waals surface area contributed by atoms with Crippen molar-refractivity contribution >= 4 is 5.91 Å². The summed E-state index contributed by atoms with van der Waals surface area (Å²) in [5.74, 6) is 0.251. The third-order valence-electron chi connectivity index (χ3n) is 3.30. The van der Waals surface area contributed by atoms with Crippen molar-refractivity contribution in [3.63, 3.8) is 0 Å². The predicted octanol–water partition coefficient (Wildman–Crippen LogP) is 1.59. The molecule has 0 bridgehead atoms. The molecule has 0 aromatic carbocycles. The zero-order valence-electron chi connectivity index (χ0n) is 11.4. The minimum absolute atomic E-state index is 0.0394. The van der Waals surface area contributed by atoms with Crippen molar-refractivity contribution in [3.8, 4) is 0 Å². The smallest absolute Gasteiger partial charge is 0.223 e. The maximum absolute atomic E-state index is 11.9. The molecule has 0 saturated carbocycles. The van der Waals surface area contributed by atoms with Gasteiger partial charge >= 0.3 is 0 Å². The molecule has 1 atom stereocenters. The van der Waals surface area contributed by atoms with Gasteiger partial charge in [-0.15, -0.1) is 0 Å². The molecular weight excluding hydrogens is 218 g/mol. The highest BCUT2D eigenvalue weighted by atomic mass is 16.5. The topological polar surface area (TPSA) is 47.6 Å². The van der Waals surface area contributed by atoms with Gasteiger partial charge < -0.3 is 14.8 Å². The van der Waals surface area contributed by atoms with E-state index >= 15 is 0 Å². The van der Waals surface area contributed by atoms with Crippen molar-refractivity contribution in [2.75, 3.05) is 26.9 Å². The summed E-state index contributed by atoms with van der Waals surface area (Å²) >= 11 is 0. The highest BCUT2D eigenvalue weighted by Crippen LogP contribution is 2.21. The molecule has 1 fully saturated rings. The normalized spacial score (nSPS) is 20.0. The van der Waals surface area contributed by atoms with E-state index in [-0.39, 0.29) is 23.3 Å². The van der Waals surface area contributed by atoms with Crippen molar-refractivity contribution < 1.29 is 14.3 Å². The molecule has 1 N–H and O–H groups in total. The molecule has 1 aliphatic rings. The van der Waals surface area contributed by atoms with Crippen LogP contribution in [0.3, 0.4) is 0 Å².